The molecular formula is C21H41NaO4S. The minimum absolute atomic E-state index is 0. The molecule has 0 fully saturated rings. The van der Waals surface area contributed by atoms with E-state index in [2.05, 4.69) is 19.1 Å². The van der Waals surface area contributed by atoms with Crippen molar-refractivity contribution in [3.63, 3.8) is 0 Å². The van der Waals surface area contributed by atoms with Crippen molar-refractivity contribution in [3.8, 4) is 0 Å². The molecule has 0 saturated heterocycles. The average Bonchev–Trinajstić information content (AvgIpc) is 2.57. The van der Waals surface area contributed by atoms with E-state index in [0.29, 0.717) is 6.42 Å². The van der Waals surface area contributed by atoms with Gasteiger partial charge in [-0.25, -0.2) is 0 Å². The van der Waals surface area contributed by atoms with Crippen LogP contribution in [0.2, 0.25) is 0 Å². The van der Waals surface area contributed by atoms with Crippen LogP contribution in [0, 0.1) is 0 Å². The molecule has 0 aliphatic carbocycles. The van der Waals surface area contributed by atoms with E-state index in [1.807, 2.05) is 0 Å². The van der Waals surface area contributed by atoms with Crippen molar-refractivity contribution in [2.75, 3.05) is 0 Å². The number of carbonyl (C=O) groups excluding carboxylic acids is 1. The molecular weight excluding hydrogens is 371 g/mol. The van der Waals surface area contributed by atoms with Gasteiger partial charge in [0, 0.05) is 6.42 Å². The van der Waals surface area contributed by atoms with Gasteiger partial charge in [0.05, 0.1) is 0 Å². The summed E-state index contributed by atoms with van der Waals surface area (Å²) in [5.74, 6) is -0.405. The van der Waals surface area contributed by atoms with Crippen molar-refractivity contribution in [1.82, 2.24) is 0 Å². The molecule has 0 heterocycles. The fourth-order valence-corrected chi connectivity index (χ4v) is 3.19. The van der Waals surface area contributed by atoms with Crippen molar-refractivity contribution in [1.29, 1.82) is 0 Å². The normalized spacial score (nSPS) is 12.3. The summed E-state index contributed by atoms with van der Waals surface area (Å²) in [5.41, 5.74) is 0. The Labute approximate surface area is 190 Å². The molecule has 0 bridgehead atoms. The molecule has 0 atom stereocenters. The molecule has 4 nitrogen and oxygen atoms in total. The van der Waals surface area contributed by atoms with Crippen LogP contribution in [0.25, 0.3) is 0 Å². The Morgan fingerprint density at radius 3 is 1.67 bits per heavy atom. The van der Waals surface area contributed by atoms with E-state index in [9.17, 15) is 13.2 Å². The van der Waals surface area contributed by atoms with Crippen LogP contribution in [-0.4, -0.2) is 53.1 Å². The van der Waals surface area contributed by atoms with E-state index in [4.69, 9.17) is 4.55 Å². The van der Waals surface area contributed by atoms with Crippen LogP contribution < -0.4 is 0 Å². The number of ketones is 1. The maximum atomic E-state index is 11.9. The Morgan fingerprint density at radius 2 is 1.22 bits per heavy atom. The summed E-state index contributed by atoms with van der Waals surface area (Å²) in [5, 5.41) is 0. The monoisotopic (exact) mass is 412 g/mol. The van der Waals surface area contributed by atoms with Crippen molar-refractivity contribution in [2.45, 2.75) is 115 Å². The first-order valence-electron chi connectivity index (χ1n) is 10.4. The number of allylic oxidation sites excluding steroid dienone is 2. The number of unbranched alkanes of at least 4 members (excludes halogenated alkanes) is 11. The van der Waals surface area contributed by atoms with E-state index in [0.717, 1.165) is 32.1 Å². The maximum absolute atomic E-state index is 11.9. The molecule has 27 heavy (non-hydrogen) atoms. The molecule has 0 radical (unpaired) electrons. The topological polar surface area (TPSA) is 71.4 Å². The zero-order valence-corrected chi connectivity index (χ0v) is 18.0. The number of carbonyl (C=O) groups is 1. The van der Waals surface area contributed by atoms with Gasteiger partial charge in [0.15, 0.2) is 5.78 Å². The van der Waals surface area contributed by atoms with E-state index in [1.165, 1.54) is 58.8 Å². The molecule has 0 aliphatic heterocycles. The first kappa shape index (κ1) is 29.5. The Hall–Kier alpha value is 0.320. The molecule has 0 aromatic rings. The predicted octanol–water partition coefficient (Wildman–Crippen LogP) is 5.61. The van der Waals surface area contributed by atoms with Gasteiger partial charge < -0.3 is 0 Å². The zero-order chi connectivity index (χ0) is 19.9. The average molecular weight is 413 g/mol. The van der Waals surface area contributed by atoms with Crippen LogP contribution >= 0.6 is 0 Å². The van der Waals surface area contributed by atoms with Gasteiger partial charge in [-0.2, -0.15) is 8.42 Å². The van der Waals surface area contributed by atoms with Gasteiger partial charge in [-0.3, -0.25) is 9.35 Å². The molecule has 156 valence electrons. The number of hydrogen-bond acceptors (Lipinski definition) is 3. The Morgan fingerprint density at radius 1 is 0.815 bits per heavy atom. The Kier molecular flexibility index (Phi) is 18.8. The standard InChI is InChI=1S/C21H40O4S.Na.H/c1-4-5-6-7-8-9-10-11-12-13-14-15-16-17-18-19-20(22)21(2,3)26(23,24)25;;/h11-12H,4-10,13-19H2,1-3H3,(H,23,24,25);;/b12-11-;;. The first-order valence-corrected chi connectivity index (χ1v) is 11.8. The van der Waals surface area contributed by atoms with E-state index in [1.54, 1.807) is 0 Å². The fraction of sp³-hybridized carbons (Fsp3) is 0.857. The summed E-state index contributed by atoms with van der Waals surface area (Å²) in [4.78, 5) is 11.9. The summed E-state index contributed by atoms with van der Waals surface area (Å²) >= 11 is 0. The molecule has 0 aromatic carbocycles. The van der Waals surface area contributed by atoms with Crippen molar-refractivity contribution in [3.05, 3.63) is 12.2 Å². The second kappa shape index (κ2) is 17.2. The molecule has 0 saturated carbocycles. The van der Waals surface area contributed by atoms with E-state index in [-0.39, 0.29) is 36.0 Å². The summed E-state index contributed by atoms with van der Waals surface area (Å²) in [7, 11) is -4.33. The van der Waals surface area contributed by atoms with E-state index < -0.39 is 20.6 Å². The second-order valence-electron chi connectivity index (χ2n) is 7.74. The van der Waals surface area contributed by atoms with Gasteiger partial charge in [-0.1, -0.05) is 70.4 Å². The van der Waals surface area contributed by atoms with Gasteiger partial charge in [0.1, 0.15) is 4.75 Å². The molecule has 0 rings (SSSR count). The van der Waals surface area contributed by atoms with Crippen molar-refractivity contribution >= 4 is 45.5 Å². The summed E-state index contributed by atoms with van der Waals surface area (Å²) < 4.78 is 29.8. The first-order chi connectivity index (χ1) is 12.2. The van der Waals surface area contributed by atoms with Gasteiger partial charge in [0.2, 0.25) is 0 Å². The summed E-state index contributed by atoms with van der Waals surface area (Å²) in [6.07, 6.45) is 20.1. The quantitative estimate of drug-likeness (QED) is 0.146. The minimum atomic E-state index is -4.33. The van der Waals surface area contributed by atoms with Crippen LogP contribution in [-0.2, 0) is 14.9 Å². The van der Waals surface area contributed by atoms with Crippen LogP contribution in [0.1, 0.15) is 111 Å². The Balaban J connectivity index is 0. The molecule has 0 amide bonds. The molecule has 0 unspecified atom stereocenters. The molecule has 6 heteroatoms. The van der Waals surface area contributed by atoms with Crippen molar-refractivity contribution < 1.29 is 17.8 Å². The Bertz CT molecular complexity index is 498. The second-order valence-corrected chi connectivity index (χ2v) is 9.71. The summed E-state index contributed by atoms with van der Waals surface area (Å²) in [6, 6.07) is 0. The molecule has 0 aromatic heterocycles. The van der Waals surface area contributed by atoms with Crippen LogP contribution in [0.15, 0.2) is 12.2 Å². The molecule has 0 spiro atoms. The van der Waals surface area contributed by atoms with Gasteiger partial charge >= 0.3 is 29.6 Å². The third-order valence-corrected chi connectivity index (χ3v) is 6.50. The van der Waals surface area contributed by atoms with E-state index >= 15 is 0 Å². The molecule has 0 aliphatic rings. The zero-order valence-electron chi connectivity index (χ0n) is 17.1. The SMILES string of the molecule is CCCCCCCC/C=C\CCCCCCCC(=O)C(C)(C)S(=O)(=O)O.[NaH]. The number of Topliss-reactive ketones (excluding diaryl/α,β-unsaturated/α-hetero) is 1. The summed E-state index contributed by atoms with van der Waals surface area (Å²) in [6.45, 7) is 4.78. The van der Waals surface area contributed by atoms with Gasteiger partial charge in [-0.05, 0) is 46.0 Å². The third kappa shape index (κ3) is 14.9. The number of hydrogen-bond donors (Lipinski definition) is 1. The van der Waals surface area contributed by atoms with Gasteiger partial charge in [-0.15, -0.1) is 0 Å². The van der Waals surface area contributed by atoms with Crippen LogP contribution in [0.3, 0.4) is 0 Å². The predicted molar refractivity (Wildman–Crippen MR) is 117 cm³/mol. The fourth-order valence-electron chi connectivity index (χ4n) is 2.80. The van der Waals surface area contributed by atoms with Crippen molar-refractivity contribution in [2.24, 2.45) is 0 Å². The van der Waals surface area contributed by atoms with Gasteiger partial charge in [0.25, 0.3) is 10.1 Å². The van der Waals surface area contributed by atoms with Crippen LogP contribution in [0.4, 0.5) is 0 Å². The number of rotatable bonds is 17. The van der Waals surface area contributed by atoms with Crippen LogP contribution in [0.5, 0.6) is 0 Å². The third-order valence-electron chi connectivity index (χ3n) is 4.98. The molecule has 1 N–H and O–H groups in total.